The second kappa shape index (κ2) is 5.85. The van der Waals surface area contributed by atoms with Crippen molar-refractivity contribution in [2.24, 2.45) is 5.92 Å². The van der Waals surface area contributed by atoms with Gasteiger partial charge in [-0.3, -0.25) is 9.69 Å². The summed E-state index contributed by atoms with van der Waals surface area (Å²) in [6, 6.07) is -0.278. The molecule has 2 fully saturated rings. The van der Waals surface area contributed by atoms with Crippen molar-refractivity contribution in [3.63, 3.8) is 0 Å². The van der Waals surface area contributed by atoms with Crippen LogP contribution in [0.15, 0.2) is 23.1 Å². The highest BCUT2D eigenvalue weighted by molar-refractivity contribution is 8.26. The van der Waals surface area contributed by atoms with Crippen molar-refractivity contribution in [1.82, 2.24) is 4.90 Å². The van der Waals surface area contributed by atoms with Gasteiger partial charge in [0.2, 0.25) is 0 Å². The molecule has 2 atom stereocenters. The fraction of sp³-hybridized carbons (Fsp3) is 0.571. The van der Waals surface area contributed by atoms with E-state index in [-0.39, 0.29) is 23.5 Å². The molecule has 1 aliphatic carbocycles. The van der Waals surface area contributed by atoms with Crippen molar-refractivity contribution in [3.8, 4) is 0 Å². The zero-order valence-electron chi connectivity index (χ0n) is 11.5. The van der Waals surface area contributed by atoms with Crippen LogP contribution in [0.1, 0.15) is 25.7 Å². The van der Waals surface area contributed by atoms with Crippen molar-refractivity contribution in [2.45, 2.75) is 31.7 Å². The van der Waals surface area contributed by atoms with E-state index in [1.165, 1.54) is 16.7 Å². The van der Waals surface area contributed by atoms with E-state index in [2.05, 4.69) is 12.2 Å². The number of thiocarbonyl (C=S) groups is 1. The van der Waals surface area contributed by atoms with Crippen molar-refractivity contribution in [1.29, 1.82) is 0 Å². The molecule has 2 heterocycles. The Morgan fingerprint density at radius 1 is 1.33 bits per heavy atom. The maximum absolute atomic E-state index is 12.5. The van der Waals surface area contributed by atoms with Crippen molar-refractivity contribution in [2.75, 3.05) is 11.5 Å². The zero-order chi connectivity index (χ0) is 15.0. The summed E-state index contributed by atoms with van der Waals surface area (Å²) in [6.07, 6.45) is 9.89. The minimum Gasteiger partial charge on any atom is -0.289 e. The molecule has 21 heavy (non-hydrogen) atoms. The van der Waals surface area contributed by atoms with Gasteiger partial charge in [-0.25, -0.2) is 8.42 Å². The molecular formula is C14H17NO3S3. The summed E-state index contributed by atoms with van der Waals surface area (Å²) in [6.45, 7) is 0. The summed E-state index contributed by atoms with van der Waals surface area (Å²) in [4.78, 5) is 14.7. The van der Waals surface area contributed by atoms with Gasteiger partial charge in [0.1, 0.15) is 4.32 Å². The fourth-order valence-corrected chi connectivity index (χ4v) is 6.14. The van der Waals surface area contributed by atoms with Gasteiger partial charge in [0, 0.05) is 0 Å². The number of carbonyl (C=O) groups is 1. The predicted octanol–water partition coefficient (Wildman–Crippen LogP) is 2.27. The van der Waals surface area contributed by atoms with Gasteiger partial charge in [0.25, 0.3) is 5.91 Å². The SMILES string of the molecule is O=C1/C(=C/C2CC=CCC2)SC(=S)N1C1CCS(=O)(=O)C1. The molecule has 7 heteroatoms. The first kappa shape index (κ1) is 15.2. The number of carbonyl (C=O) groups excluding carboxylic acids is 1. The molecule has 0 aromatic rings. The first-order chi connectivity index (χ1) is 9.96. The largest absolute Gasteiger partial charge is 0.289 e. The third kappa shape index (κ3) is 3.24. The van der Waals surface area contributed by atoms with Crippen LogP contribution in [0.3, 0.4) is 0 Å². The molecule has 3 rings (SSSR count). The van der Waals surface area contributed by atoms with Crippen LogP contribution >= 0.6 is 24.0 Å². The second-order valence-corrected chi connectivity index (χ2v) is 9.58. The van der Waals surface area contributed by atoms with E-state index in [0.717, 1.165) is 19.3 Å². The Bertz CT molecular complexity index is 636. The van der Waals surface area contributed by atoms with Crippen molar-refractivity contribution in [3.05, 3.63) is 23.1 Å². The van der Waals surface area contributed by atoms with Gasteiger partial charge in [-0.05, 0) is 31.6 Å². The van der Waals surface area contributed by atoms with E-state index < -0.39 is 9.84 Å². The maximum Gasteiger partial charge on any atom is 0.266 e. The Balaban J connectivity index is 1.76. The van der Waals surface area contributed by atoms with E-state index in [4.69, 9.17) is 12.2 Å². The first-order valence-corrected chi connectivity index (χ1v) is 10.1. The molecular weight excluding hydrogens is 326 g/mol. The van der Waals surface area contributed by atoms with E-state index in [0.29, 0.717) is 21.6 Å². The zero-order valence-corrected chi connectivity index (χ0v) is 14.0. The minimum atomic E-state index is -3.02. The Hall–Kier alpha value is -0.660. The van der Waals surface area contributed by atoms with E-state index >= 15 is 0 Å². The summed E-state index contributed by atoms with van der Waals surface area (Å²) >= 11 is 6.60. The number of rotatable bonds is 2. The molecule has 2 saturated heterocycles. The van der Waals surface area contributed by atoms with Crippen LogP contribution in [0.2, 0.25) is 0 Å². The third-order valence-electron chi connectivity index (χ3n) is 4.09. The van der Waals surface area contributed by atoms with Crippen molar-refractivity contribution >= 4 is 44.0 Å². The minimum absolute atomic E-state index is 0.0406. The van der Waals surface area contributed by atoms with Gasteiger partial charge in [0.15, 0.2) is 9.84 Å². The lowest BCUT2D eigenvalue weighted by Gasteiger charge is -2.21. The number of thioether (sulfide) groups is 1. The van der Waals surface area contributed by atoms with Crippen molar-refractivity contribution < 1.29 is 13.2 Å². The van der Waals surface area contributed by atoms with Crippen LogP contribution in [0.25, 0.3) is 0 Å². The highest BCUT2D eigenvalue weighted by Gasteiger charge is 2.42. The summed E-state index contributed by atoms with van der Waals surface area (Å²) in [7, 11) is -3.02. The quantitative estimate of drug-likeness (QED) is 0.437. The first-order valence-electron chi connectivity index (χ1n) is 7.09. The molecule has 0 N–H and O–H groups in total. The molecule has 1 amide bonds. The lowest BCUT2D eigenvalue weighted by atomic mass is 9.94. The van der Waals surface area contributed by atoms with Gasteiger partial charge in [-0.2, -0.15) is 0 Å². The Kier molecular flexibility index (Phi) is 4.25. The van der Waals surface area contributed by atoms with Gasteiger partial charge in [-0.1, -0.05) is 42.2 Å². The number of nitrogens with zero attached hydrogens (tertiary/aromatic N) is 1. The average molecular weight is 343 g/mol. The average Bonchev–Trinajstić information content (AvgIpc) is 2.91. The Morgan fingerprint density at radius 3 is 2.76 bits per heavy atom. The van der Waals surface area contributed by atoms with Crippen LogP contribution in [-0.2, 0) is 14.6 Å². The molecule has 4 nitrogen and oxygen atoms in total. The molecule has 0 aromatic carbocycles. The van der Waals surface area contributed by atoms with Crippen LogP contribution < -0.4 is 0 Å². The molecule has 0 spiro atoms. The molecule has 0 radical (unpaired) electrons. The molecule has 3 aliphatic rings. The van der Waals surface area contributed by atoms with Crippen LogP contribution in [0, 0.1) is 5.92 Å². The summed E-state index contributed by atoms with van der Waals surface area (Å²) in [5, 5.41) is 0. The summed E-state index contributed by atoms with van der Waals surface area (Å²) in [5.41, 5.74) is 0. The Labute approximate surface area is 134 Å². The highest BCUT2D eigenvalue weighted by Crippen LogP contribution is 2.37. The molecule has 0 aromatic heterocycles. The monoisotopic (exact) mass is 343 g/mol. The lowest BCUT2D eigenvalue weighted by Crippen LogP contribution is -2.39. The van der Waals surface area contributed by atoms with Gasteiger partial charge < -0.3 is 0 Å². The number of hydrogen-bond acceptors (Lipinski definition) is 5. The molecule has 0 bridgehead atoms. The van der Waals surface area contributed by atoms with E-state index in [1.54, 1.807) is 0 Å². The van der Waals surface area contributed by atoms with E-state index in [9.17, 15) is 13.2 Å². The number of sulfone groups is 1. The molecule has 114 valence electrons. The molecule has 2 unspecified atom stereocenters. The Morgan fingerprint density at radius 2 is 2.14 bits per heavy atom. The van der Waals surface area contributed by atoms with Gasteiger partial charge in [0.05, 0.1) is 22.5 Å². The number of amides is 1. The topological polar surface area (TPSA) is 54.5 Å². The van der Waals surface area contributed by atoms with Crippen LogP contribution in [0.5, 0.6) is 0 Å². The standard InChI is InChI=1S/C14H17NO3S3/c16-13-12(8-10-4-2-1-3-5-10)20-14(19)15(13)11-6-7-21(17,18)9-11/h1-2,8,10-11H,3-7,9H2/b12-8-. The van der Waals surface area contributed by atoms with Gasteiger partial charge in [-0.15, -0.1) is 0 Å². The fourth-order valence-electron chi connectivity index (χ4n) is 2.97. The van der Waals surface area contributed by atoms with E-state index in [1.807, 2.05) is 6.08 Å². The third-order valence-corrected chi connectivity index (χ3v) is 7.19. The number of allylic oxidation sites excluding steroid dienone is 3. The number of hydrogen-bond donors (Lipinski definition) is 0. The smallest absolute Gasteiger partial charge is 0.266 e. The second-order valence-electron chi connectivity index (χ2n) is 5.68. The lowest BCUT2D eigenvalue weighted by molar-refractivity contribution is -0.123. The molecule has 2 aliphatic heterocycles. The van der Waals surface area contributed by atoms with Crippen LogP contribution in [0.4, 0.5) is 0 Å². The predicted molar refractivity (Wildman–Crippen MR) is 88.7 cm³/mol. The summed E-state index contributed by atoms with van der Waals surface area (Å²) < 4.78 is 23.7. The highest BCUT2D eigenvalue weighted by atomic mass is 32.2. The summed E-state index contributed by atoms with van der Waals surface area (Å²) in [5.74, 6) is 0.471. The maximum atomic E-state index is 12.5. The van der Waals surface area contributed by atoms with Crippen LogP contribution in [-0.4, -0.2) is 41.1 Å². The normalized spacial score (nSPS) is 34.1. The van der Waals surface area contributed by atoms with Gasteiger partial charge >= 0.3 is 0 Å². The molecule has 0 saturated carbocycles.